The van der Waals surface area contributed by atoms with Gasteiger partial charge in [0.2, 0.25) is 5.88 Å². The molecule has 1 aliphatic rings. The summed E-state index contributed by atoms with van der Waals surface area (Å²) in [6, 6.07) is 8.74. The number of hydrogen-bond donors (Lipinski definition) is 1. The minimum Gasteiger partial charge on any atom is -0.476 e. The Morgan fingerprint density at radius 2 is 2.05 bits per heavy atom. The van der Waals surface area contributed by atoms with Crippen LogP contribution in [-0.4, -0.2) is 29.4 Å². The Labute approximate surface area is 119 Å². The molecular weight excluding hydrogens is 250 g/mol. The summed E-state index contributed by atoms with van der Waals surface area (Å²) in [6.45, 7) is 3.81. The van der Waals surface area contributed by atoms with E-state index in [0.29, 0.717) is 18.5 Å². The highest BCUT2D eigenvalue weighted by Gasteiger charge is 2.13. The van der Waals surface area contributed by atoms with Gasteiger partial charge in [-0.25, -0.2) is 0 Å². The topological polar surface area (TPSA) is 47.0 Å². The Bertz CT molecular complexity index is 579. The largest absolute Gasteiger partial charge is 0.476 e. The van der Waals surface area contributed by atoms with E-state index in [4.69, 9.17) is 4.74 Å². The predicted molar refractivity (Wildman–Crippen MR) is 80.0 cm³/mol. The van der Waals surface area contributed by atoms with Gasteiger partial charge >= 0.3 is 0 Å². The van der Waals surface area contributed by atoms with Crippen LogP contribution in [0.4, 0.5) is 0 Å². The van der Waals surface area contributed by atoms with Crippen LogP contribution in [0.2, 0.25) is 0 Å². The fraction of sp³-hybridized carbons (Fsp3) is 0.500. The van der Waals surface area contributed by atoms with Gasteiger partial charge in [-0.2, -0.15) is 5.10 Å². The number of ether oxygens (including phenoxy) is 1. The van der Waals surface area contributed by atoms with Crippen molar-refractivity contribution in [3.8, 4) is 5.88 Å². The summed E-state index contributed by atoms with van der Waals surface area (Å²) in [4.78, 5) is 0. The third-order valence-corrected chi connectivity index (χ3v) is 3.96. The number of hydrogen-bond acceptors (Lipinski definition) is 4. The van der Waals surface area contributed by atoms with Gasteiger partial charge in [0.15, 0.2) is 0 Å². The van der Waals surface area contributed by atoms with Crippen molar-refractivity contribution < 1.29 is 4.74 Å². The average molecular weight is 271 g/mol. The molecule has 1 N–H and O–H groups in total. The zero-order valence-corrected chi connectivity index (χ0v) is 11.9. The maximum atomic E-state index is 5.86. The van der Waals surface area contributed by atoms with Crippen LogP contribution in [0.5, 0.6) is 5.88 Å². The monoisotopic (exact) mass is 271 g/mol. The van der Waals surface area contributed by atoms with Crippen molar-refractivity contribution in [1.29, 1.82) is 0 Å². The standard InChI is InChI=1S/C16H21N3O/c1-12-14-7-2-3-8-15(14)16(19-18-12)20-11-9-13-6-4-5-10-17-13/h2-3,7-8,13,17H,4-6,9-11H2,1H3. The van der Waals surface area contributed by atoms with E-state index in [9.17, 15) is 0 Å². The second-order valence-corrected chi connectivity index (χ2v) is 5.42. The van der Waals surface area contributed by atoms with Crippen molar-refractivity contribution in [3.05, 3.63) is 30.0 Å². The molecule has 4 nitrogen and oxygen atoms in total. The van der Waals surface area contributed by atoms with E-state index >= 15 is 0 Å². The number of rotatable bonds is 4. The fourth-order valence-corrected chi connectivity index (χ4v) is 2.79. The lowest BCUT2D eigenvalue weighted by molar-refractivity contribution is 0.261. The van der Waals surface area contributed by atoms with Gasteiger partial charge in [0.05, 0.1) is 12.3 Å². The second kappa shape index (κ2) is 6.18. The first-order valence-corrected chi connectivity index (χ1v) is 7.43. The number of nitrogens with zero attached hydrogens (tertiary/aromatic N) is 2. The maximum absolute atomic E-state index is 5.86. The molecule has 2 heterocycles. The Morgan fingerprint density at radius 3 is 2.85 bits per heavy atom. The molecule has 0 aliphatic carbocycles. The number of aromatic nitrogens is 2. The Kier molecular flexibility index (Phi) is 4.11. The van der Waals surface area contributed by atoms with Crippen LogP contribution in [0.15, 0.2) is 24.3 Å². The van der Waals surface area contributed by atoms with Crippen LogP contribution in [0, 0.1) is 6.92 Å². The molecule has 2 aromatic rings. The number of aryl methyl sites for hydroxylation is 1. The normalized spacial score (nSPS) is 19.1. The first kappa shape index (κ1) is 13.3. The van der Waals surface area contributed by atoms with E-state index in [1.54, 1.807) is 0 Å². The molecule has 1 aliphatic heterocycles. The SMILES string of the molecule is Cc1nnc(OCCC2CCCCN2)c2ccccc12. The molecule has 1 aromatic carbocycles. The maximum Gasteiger partial charge on any atom is 0.241 e. The third-order valence-electron chi connectivity index (χ3n) is 3.96. The summed E-state index contributed by atoms with van der Waals surface area (Å²) in [5.41, 5.74) is 0.946. The van der Waals surface area contributed by atoms with Gasteiger partial charge in [-0.15, -0.1) is 5.10 Å². The van der Waals surface area contributed by atoms with Crippen molar-refractivity contribution in [2.24, 2.45) is 0 Å². The molecule has 3 rings (SSSR count). The van der Waals surface area contributed by atoms with E-state index in [0.717, 1.165) is 29.4 Å². The first-order chi connectivity index (χ1) is 9.84. The van der Waals surface area contributed by atoms with E-state index in [1.807, 2.05) is 25.1 Å². The molecule has 0 saturated carbocycles. The first-order valence-electron chi connectivity index (χ1n) is 7.43. The average Bonchev–Trinajstić information content (AvgIpc) is 2.51. The van der Waals surface area contributed by atoms with Gasteiger partial charge in [0, 0.05) is 16.8 Å². The van der Waals surface area contributed by atoms with Gasteiger partial charge in [-0.1, -0.05) is 24.6 Å². The minimum absolute atomic E-state index is 0.591. The van der Waals surface area contributed by atoms with Crippen molar-refractivity contribution in [2.75, 3.05) is 13.2 Å². The Hall–Kier alpha value is -1.68. The van der Waals surface area contributed by atoms with Crippen LogP contribution in [0.1, 0.15) is 31.4 Å². The van der Waals surface area contributed by atoms with Gasteiger partial charge in [0.25, 0.3) is 0 Å². The van der Waals surface area contributed by atoms with E-state index in [1.165, 1.54) is 19.3 Å². The third kappa shape index (κ3) is 2.90. The quantitative estimate of drug-likeness (QED) is 0.929. The van der Waals surface area contributed by atoms with Crippen LogP contribution >= 0.6 is 0 Å². The summed E-state index contributed by atoms with van der Waals surface area (Å²) >= 11 is 0. The zero-order valence-electron chi connectivity index (χ0n) is 11.9. The van der Waals surface area contributed by atoms with Gasteiger partial charge < -0.3 is 10.1 Å². The lowest BCUT2D eigenvalue weighted by Gasteiger charge is -2.23. The molecule has 0 spiro atoms. The zero-order chi connectivity index (χ0) is 13.8. The highest BCUT2D eigenvalue weighted by atomic mass is 16.5. The molecule has 0 bridgehead atoms. The number of nitrogens with one attached hydrogen (secondary N) is 1. The summed E-state index contributed by atoms with van der Waals surface area (Å²) in [6.07, 6.45) is 4.91. The van der Waals surface area contributed by atoms with Gasteiger partial charge in [0.1, 0.15) is 0 Å². The highest BCUT2D eigenvalue weighted by molar-refractivity contribution is 5.88. The van der Waals surface area contributed by atoms with E-state index < -0.39 is 0 Å². The second-order valence-electron chi connectivity index (χ2n) is 5.42. The fourth-order valence-electron chi connectivity index (χ4n) is 2.79. The minimum atomic E-state index is 0.591. The summed E-state index contributed by atoms with van der Waals surface area (Å²) in [5, 5.41) is 14.1. The molecule has 1 atom stereocenters. The Morgan fingerprint density at radius 1 is 1.20 bits per heavy atom. The molecular formula is C16H21N3O. The Balaban J connectivity index is 1.67. The van der Waals surface area contributed by atoms with Gasteiger partial charge in [-0.3, -0.25) is 0 Å². The molecule has 1 aromatic heterocycles. The van der Waals surface area contributed by atoms with Crippen molar-refractivity contribution in [2.45, 2.75) is 38.6 Å². The molecule has 1 saturated heterocycles. The van der Waals surface area contributed by atoms with Crippen molar-refractivity contribution >= 4 is 10.8 Å². The molecule has 4 heteroatoms. The number of fused-ring (bicyclic) bond motifs is 1. The molecule has 106 valence electrons. The van der Waals surface area contributed by atoms with Crippen molar-refractivity contribution in [1.82, 2.24) is 15.5 Å². The van der Waals surface area contributed by atoms with Crippen molar-refractivity contribution in [3.63, 3.8) is 0 Å². The molecule has 1 fully saturated rings. The van der Waals surface area contributed by atoms with Crippen LogP contribution < -0.4 is 10.1 Å². The molecule has 1 unspecified atom stereocenters. The number of benzene rings is 1. The summed E-state index contributed by atoms with van der Waals surface area (Å²) in [7, 11) is 0. The van der Waals surface area contributed by atoms with E-state index in [2.05, 4.69) is 21.6 Å². The molecule has 20 heavy (non-hydrogen) atoms. The highest BCUT2D eigenvalue weighted by Crippen LogP contribution is 2.24. The molecule has 0 radical (unpaired) electrons. The molecule has 0 amide bonds. The van der Waals surface area contributed by atoms with Gasteiger partial charge in [-0.05, 0) is 38.8 Å². The lowest BCUT2D eigenvalue weighted by Crippen LogP contribution is -2.35. The van der Waals surface area contributed by atoms with Crippen LogP contribution in [0.25, 0.3) is 10.8 Å². The predicted octanol–water partition coefficient (Wildman–Crippen LogP) is 2.85. The van der Waals surface area contributed by atoms with Crippen LogP contribution in [0.3, 0.4) is 0 Å². The summed E-state index contributed by atoms with van der Waals surface area (Å²) < 4.78 is 5.86. The lowest BCUT2D eigenvalue weighted by atomic mass is 10.0. The summed E-state index contributed by atoms with van der Waals surface area (Å²) in [5.74, 6) is 0.655. The smallest absolute Gasteiger partial charge is 0.241 e. The van der Waals surface area contributed by atoms with E-state index in [-0.39, 0.29) is 0 Å². The number of piperidine rings is 1. The van der Waals surface area contributed by atoms with Crippen LogP contribution in [-0.2, 0) is 0 Å².